The number of ether oxygens (including phenoxy) is 2. The van der Waals surface area contributed by atoms with Crippen molar-refractivity contribution in [2.24, 2.45) is 0 Å². The van der Waals surface area contributed by atoms with Crippen LogP contribution in [0.5, 0.6) is 11.5 Å². The van der Waals surface area contributed by atoms with Gasteiger partial charge in [-0.1, -0.05) is 23.7 Å². The Morgan fingerprint density at radius 1 is 1.14 bits per heavy atom. The lowest BCUT2D eigenvalue weighted by molar-refractivity contribution is -0.122. The van der Waals surface area contributed by atoms with Crippen molar-refractivity contribution in [1.82, 2.24) is 5.32 Å². The number of nitrogens with zero attached hydrogens (tertiary/aromatic N) is 1. The summed E-state index contributed by atoms with van der Waals surface area (Å²) in [5.74, 6) is -0.203. The van der Waals surface area contributed by atoms with Gasteiger partial charge in [-0.05, 0) is 52.4 Å². The summed E-state index contributed by atoms with van der Waals surface area (Å²) < 4.78 is 11.2. The molecule has 0 atom stereocenters. The highest BCUT2D eigenvalue weighted by Gasteiger charge is 2.35. The molecule has 0 saturated carbocycles. The van der Waals surface area contributed by atoms with Crippen LogP contribution >= 0.6 is 39.7 Å². The Morgan fingerprint density at radius 3 is 2.46 bits per heavy atom. The molecular formula is C19H14BrClN2O4S. The fourth-order valence-electron chi connectivity index (χ4n) is 2.66. The smallest absolute Gasteiger partial charge is 0.270 e. The van der Waals surface area contributed by atoms with E-state index >= 15 is 0 Å². The van der Waals surface area contributed by atoms with E-state index < -0.39 is 11.8 Å². The molecule has 28 heavy (non-hydrogen) atoms. The van der Waals surface area contributed by atoms with Crippen molar-refractivity contribution >= 4 is 68.4 Å². The third-order valence-corrected chi connectivity index (χ3v) is 5.22. The van der Waals surface area contributed by atoms with Gasteiger partial charge in [0.05, 0.1) is 29.4 Å². The number of amides is 2. The highest BCUT2D eigenvalue weighted by atomic mass is 79.9. The van der Waals surface area contributed by atoms with Gasteiger partial charge >= 0.3 is 0 Å². The molecule has 1 fully saturated rings. The van der Waals surface area contributed by atoms with E-state index in [1.165, 1.54) is 25.2 Å². The van der Waals surface area contributed by atoms with Crippen molar-refractivity contribution in [2.75, 3.05) is 19.1 Å². The predicted octanol–water partition coefficient (Wildman–Crippen LogP) is 3.95. The van der Waals surface area contributed by atoms with Gasteiger partial charge in [-0.25, -0.2) is 0 Å². The largest absolute Gasteiger partial charge is 0.496 e. The van der Waals surface area contributed by atoms with Gasteiger partial charge in [0.2, 0.25) is 0 Å². The summed E-state index contributed by atoms with van der Waals surface area (Å²) in [7, 11) is 3.01. The van der Waals surface area contributed by atoms with Crippen LogP contribution in [-0.2, 0) is 9.59 Å². The molecule has 2 aromatic carbocycles. The Bertz CT molecular complexity index is 1020. The van der Waals surface area contributed by atoms with Crippen LogP contribution in [-0.4, -0.2) is 31.1 Å². The summed E-state index contributed by atoms with van der Waals surface area (Å²) in [4.78, 5) is 26.7. The van der Waals surface area contributed by atoms with E-state index in [0.717, 1.165) is 0 Å². The monoisotopic (exact) mass is 480 g/mol. The number of anilines is 1. The van der Waals surface area contributed by atoms with E-state index in [2.05, 4.69) is 21.2 Å². The van der Waals surface area contributed by atoms with Gasteiger partial charge in [0.1, 0.15) is 17.1 Å². The zero-order valence-corrected chi connectivity index (χ0v) is 17.9. The van der Waals surface area contributed by atoms with Crippen LogP contribution in [0.2, 0.25) is 5.02 Å². The lowest BCUT2D eigenvalue weighted by atomic mass is 10.1. The van der Waals surface area contributed by atoms with Gasteiger partial charge in [-0.3, -0.25) is 19.8 Å². The molecule has 0 aromatic heterocycles. The molecule has 3 rings (SSSR count). The molecular weight excluding hydrogens is 468 g/mol. The molecule has 144 valence electrons. The molecule has 0 spiro atoms. The number of halogens is 2. The second-order valence-corrected chi connectivity index (χ2v) is 7.29. The van der Waals surface area contributed by atoms with Crippen molar-refractivity contribution < 1.29 is 19.1 Å². The number of benzene rings is 2. The molecule has 2 amide bonds. The number of methoxy groups -OCH3 is 2. The summed E-state index contributed by atoms with van der Waals surface area (Å²) in [5, 5.41) is 2.82. The molecule has 1 aliphatic rings. The molecule has 1 saturated heterocycles. The van der Waals surface area contributed by atoms with Gasteiger partial charge in [0.15, 0.2) is 5.11 Å². The molecule has 0 radical (unpaired) electrons. The van der Waals surface area contributed by atoms with Crippen molar-refractivity contribution in [2.45, 2.75) is 0 Å². The van der Waals surface area contributed by atoms with E-state index in [1.54, 1.807) is 36.4 Å². The number of rotatable bonds is 4. The van der Waals surface area contributed by atoms with E-state index in [0.29, 0.717) is 32.2 Å². The SMILES string of the molecule is COc1cc(OC)c(/C=C2\C(=O)NC(=S)N(c3ccccc3Cl)C2=O)cc1Br. The van der Waals surface area contributed by atoms with Gasteiger partial charge < -0.3 is 9.47 Å². The highest BCUT2D eigenvalue weighted by Crippen LogP contribution is 2.35. The zero-order chi connectivity index (χ0) is 20.4. The Labute approximate surface area is 180 Å². The maximum Gasteiger partial charge on any atom is 0.270 e. The molecule has 0 aliphatic carbocycles. The minimum Gasteiger partial charge on any atom is -0.496 e. The fraction of sp³-hybridized carbons (Fsp3) is 0.105. The van der Waals surface area contributed by atoms with Gasteiger partial charge in [0.25, 0.3) is 11.8 Å². The minimum absolute atomic E-state index is 0.0388. The van der Waals surface area contributed by atoms with Gasteiger partial charge in [0, 0.05) is 11.6 Å². The Kier molecular flexibility index (Phi) is 6.02. The van der Waals surface area contributed by atoms with Crippen LogP contribution in [0.25, 0.3) is 6.08 Å². The number of para-hydroxylation sites is 1. The molecule has 1 N–H and O–H groups in total. The van der Waals surface area contributed by atoms with Crippen LogP contribution < -0.4 is 19.7 Å². The Morgan fingerprint density at radius 2 is 1.82 bits per heavy atom. The summed E-state index contributed by atoms with van der Waals surface area (Å²) in [6.07, 6.45) is 1.44. The molecule has 0 bridgehead atoms. The first-order chi connectivity index (χ1) is 13.4. The number of thiocarbonyl (C=S) groups is 1. The van der Waals surface area contributed by atoms with Crippen LogP contribution in [0.15, 0.2) is 46.4 Å². The quantitative estimate of drug-likeness (QED) is 0.407. The number of hydrogen-bond donors (Lipinski definition) is 1. The summed E-state index contributed by atoms with van der Waals surface area (Å²) in [6, 6.07) is 10.1. The first-order valence-corrected chi connectivity index (χ1v) is 9.52. The number of carbonyl (C=O) groups excluding carboxylic acids is 2. The summed E-state index contributed by atoms with van der Waals surface area (Å²) in [5.41, 5.74) is 0.789. The van der Waals surface area contributed by atoms with Crippen molar-refractivity contribution in [3.8, 4) is 11.5 Å². The highest BCUT2D eigenvalue weighted by molar-refractivity contribution is 9.10. The van der Waals surface area contributed by atoms with Gasteiger partial charge in [-0.15, -0.1) is 0 Å². The fourth-order valence-corrected chi connectivity index (χ4v) is 3.68. The molecule has 2 aromatic rings. The Hall–Kier alpha value is -2.42. The van der Waals surface area contributed by atoms with Crippen LogP contribution in [0.4, 0.5) is 5.69 Å². The van der Waals surface area contributed by atoms with E-state index in [4.69, 9.17) is 33.3 Å². The second kappa shape index (κ2) is 8.30. The number of carbonyl (C=O) groups is 2. The van der Waals surface area contributed by atoms with E-state index in [-0.39, 0.29) is 10.7 Å². The first-order valence-electron chi connectivity index (χ1n) is 7.95. The van der Waals surface area contributed by atoms with Crippen LogP contribution in [0.1, 0.15) is 5.56 Å². The summed E-state index contributed by atoms with van der Waals surface area (Å²) >= 11 is 14.8. The third-order valence-electron chi connectivity index (χ3n) is 4.00. The molecule has 1 heterocycles. The molecule has 9 heteroatoms. The van der Waals surface area contributed by atoms with Gasteiger partial charge in [-0.2, -0.15) is 0 Å². The summed E-state index contributed by atoms with van der Waals surface area (Å²) in [6.45, 7) is 0. The number of nitrogens with one attached hydrogen (secondary N) is 1. The predicted molar refractivity (Wildman–Crippen MR) is 115 cm³/mol. The topological polar surface area (TPSA) is 67.9 Å². The molecule has 0 unspecified atom stereocenters. The van der Waals surface area contributed by atoms with Crippen molar-refractivity contribution in [3.63, 3.8) is 0 Å². The van der Waals surface area contributed by atoms with E-state index in [9.17, 15) is 9.59 Å². The zero-order valence-electron chi connectivity index (χ0n) is 14.8. The maximum absolute atomic E-state index is 13.1. The lowest BCUT2D eigenvalue weighted by Gasteiger charge is -2.29. The first kappa shape index (κ1) is 20.3. The number of hydrogen-bond acceptors (Lipinski definition) is 5. The average molecular weight is 482 g/mol. The van der Waals surface area contributed by atoms with E-state index in [1.807, 2.05) is 0 Å². The second-order valence-electron chi connectivity index (χ2n) is 5.64. The normalized spacial score (nSPS) is 15.6. The maximum atomic E-state index is 13.1. The average Bonchev–Trinajstić information content (AvgIpc) is 2.66. The van der Waals surface area contributed by atoms with Crippen LogP contribution in [0.3, 0.4) is 0 Å². The Balaban J connectivity index is 2.10. The van der Waals surface area contributed by atoms with Crippen LogP contribution in [0, 0.1) is 0 Å². The van der Waals surface area contributed by atoms with Crippen molar-refractivity contribution in [1.29, 1.82) is 0 Å². The lowest BCUT2D eigenvalue weighted by Crippen LogP contribution is -2.54. The molecule has 1 aliphatic heterocycles. The molecule has 6 nitrogen and oxygen atoms in total. The standard InChI is InChI=1S/C19H14BrClN2O4S/c1-26-15-9-16(27-2)12(20)8-10(15)7-11-17(24)22-19(28)23(18(11)25)14-6-4-3-5-13(14)21/h3-9H,1-2H3,(H,22,24,28)/b11-7+. The van der Waals surface area contributed by atoms with Crippen molar-refractivity contribution in [3.05, 3.63) is 57.0 Å². The minimum atomic E-state index is -0.604. The third kappa shape index (κ3) is 3.76.